The number of hydrogen-bond acceptors (Lipinski definition) is 6. The molecule has 9 heteroatoms. The molecule has 4 aromatic carbocycles. The second kappa shape index (κ2) is 12.4. The highest BCUT2D eigenvalue weighted by atomic mass is 19.1. The Morgan fingerprint density at radius 3 is 2.10 bits per heavy atom. The van der Waals surface area contributed by atoms with Gasteiger partial charge in [0.25, 0.3) is 11.8 Å². The summed E-state index contributed by atoms with van der Waals surface area (Å²) in [6.07, 6.45) is 1.38. The molecule has 1 N–H and O–H groups in total. The van der Waals surface area contributed by atoms with Crippen LogP contribution in [0.15, 0.2) is 96.6 Å². The summed E-state index contributed by atoms with van der Waals surface area (Å²) in [6, 6.07) is 24.4. The number of halogens is 1. The largest absolute Gasteiger partial charge is 0.493 e. The van der Waals surface area contributed by atoms with Crippen molar-refractivity contribution in [3.63, 3.8) is 0 Å². The van der Waals surface area contributed by atoms with Crippen LogP contribution in [0.4, 0.5) is 14.9 Å². The van der Waals surface area contributed by atoms with E-state index in [-0.39, 0.29) is 23.7 Å². The predicted octanol–water partition coefficient (Wildman–Crippen LogP) is 5.97. The molecule has 42 heavy (non-hydrogen) atoms. The van der Waals surface area contributed by atoms with Gasteiger partial charge in [-0.3, -0.25) is 14.9 Å². The number of hydrogen-bond donors (Lipinski definition) is 1. The number of methoxy groups -OCH3 is 1. The van der Waals surface area contributed by atoms with Crippen LogP contribution in [0.1, 0.15) is 22.3 Å². The van der Waals surface area contributed by atoms with Crippen molar-refractivity contribution in [2.45, 2.75) is 20.1 Å². The molecular weight excluding hydrogens is 539 g/mol. The van der Waals surface area contributed by atoms with Crippen LogP contribution in [0.25, 0.3) is 6.08 Å². The number of urea groups is 1. The Kier molecular flexibility index (Phi) is 8.29. The average Bonchev–Trinajstić information content (AvgIpc) is 2.99. The van der Waals surface area contributed by atoms with Gasteiger partial charge in [0.15, 0.2) is 11.5 Å². The first-order valence-electron chi connectivity index (χ1n) is 13.1. The third-order valence-electron chi connectivity index (χ3n) is 6.53. The van der Waals surface area contributed by atoms with E-state index >= 15 is 0 Å². The van der Waals surface area contributed by atoms with Crippen molar-refractivity contribution >= 4 is 29.6 Å². The minimum atomic E-state index is -0.849. The molecule has 1 aliphatic heterocycles. The number of imide groups is 2. The lowest BCUT2D eigenvalue weighted by Gasteiger charge is -2.26. The van der Waals surface area contributed by atoms with Crippen molar-refractivity contribution in [3.05, 3.63) is 125 Å². The van der Waals surface area contributed by atoms with Gasteiger partial charge in [0, 0.05) is 0 Å². The minimum absolute atomic E-state index is 0.185. The summed E-state index contributed by atoms with van der Waals surface area (Å²) < 4.78 is 30.2. The number of carbonyl (C=O) groups is 3. The van der Waals surface area contributed by atoms with E-state index in [2.05, 4.69) is 5.32 Å². The van der Waals surface area contributed by atoms with Gasteiger partial charge in [-0.25, -0.2) is 14.1 Å². The number of nitrogens with one attached hydrogen (secondary N) is 1. The van der Waals surface area contributed by atoms with Gasteiger partial charge in [-0.1, -0.05) is 48.0 Å². The number of carbonyl (C=O) groups excluding carboxylic acids is 3. The Hall–Kier alpha value is -5.44. The van der Waals surface area contributed by atoms with Crippen LogP contribution in [0.5, 0.6) is 17.2 Å². The van der Waals surface area contributed by atoms with Gasteiger partial charge in [-0.15, -0.1) is 0 Å². The second-order valence-electron chi connectivity index (χ2n) is 9.55. The molecule has 0 atom stereocenters. The highest BCUT2D eigenvalue weighted by molar-refractivity contribution is 6.39. The van der Waals surface area contributed by atoms with Crippen LogP contribution in [-0.4, -0.2) is 25.0 Å². The van der Waals surface area contributed by atoms with Crippen molar-refractivity contribution < 1.29 is 33.0 Å². The topological polar surface area (TPSA) is 94.2 Å². The van der Waals surface area contributed by atoms with E-state index in [0.29, 0.717) is 29.4 Å². The van der Waals surface area contributed by atoms with Gasteiger partial charge in [0.05, 0.1) is 12.8 Å². The maximum absolute atomic E-state index is 13.3. The Morgan fingerprint density at radius 1 is 0.786 bits per heavy atom. The molecule has 1 saturated heterocycles. The molecular formula is C33H27FN2O6. The number of benzene rings is 4. The summed E-state index contributed by atoms with van der Waals surface area (Å²) in [6.45, 7) is 2.56. The van der Waals surface area contributed by atoms with E-state index in [1.165, 1.54) is 25.3 Å². The molecule has 8 nitrogen and oxygen atoms in total. The minimum Gasteiger partial charge on any atom is -0.493 e. The first-order chi connectivity index (χ1) is 20.3. The summed E-state index contributed by atoms with van der Waals surface area (Å²) in [5.74, 6) is -0.572. The van der Waals surface area contributed by atoms with Crippen LogP contribution in [0.2, 0.25) is 0 Å². The molecule has 212 valence electrons. The van der Waals surface area contributed by atoms with Crippen LogP contribution in [0.3, 0.4) is 0 Å². The molecule has 5 rings (SSSR count). The molecule has 0 aliphatic carbocycles. The maximum Gasteiger partial charge on any atom is 0.335 e. The van der Waals surface area contributed by atoms with E-state index in [1.807, 2.05) is 31.2 Å². The van der Waals surface area contributed by atoms with Crippen molar-refractivity contribution in [1.29, 1.82) is 0 Å². The number of rotatable bonds is 9. The van der Waals surface area contributed by atoms with Crippen LogP contribution < -0.4 is 24.4 Å². The van der Waals surface area contributed by atoms with Gasteiger partial charge in [-0.2, -0.15) is 0 Å². The van der Waals surface area contributed by atoms with Gasteiger partial charge in [0.2, 0.25) is 0 Å². The number of anilines is 1. The summed E-state index contributed by atoms with van der Waals surface area (Å²) in [5, 5.41) is 2.22. The number of amides is 4. The first kappa shape index (κ1) is 28.1. The van der Waals surface area contributed by atoms with Gasteiger partial charge in [-0.05, 0) is 78.2 Å². The third-order valence-corrected chi connectivity index (χ3v) is 6.53. The van der Waals surface area contributed by atoms with E-state index in [1.54, 1.807) is 54.6 Å². The number of nitrogens with zero attached hydrogens (tertiary/aromatic N) is 1. The van der Waals surface area contributed by atoms with Crippen LogP contribution >= 0.6 is 0 Å². The van der Waals surface area contributed by atoms with Crippen molar-refractivity contribution in [2.75, 3.05) is 12.0 Å². The van der Waals surface area contributed by atoms with Crippen molar-refractivity contribution in [1.82, 2.24) is 5.32 Å². The Bertz CT molecular complexity index is 1650. The monoisotopic (exact) mass is 566 g/mol. The number of barbiturate groups is 1. The molecule has 0 bridgehead atoms. The smallest absolute Gasteiger partial charge is 0.335 e. The summed E-state index contributed by atoms with van der Waals surface area (Å²) in [4.78, 5) is 39.5. The molecule has 1 fully saturated rings. The average molecular weight is 567 g/mol. The van der Waals surface area contributed by atoms with E-state index in [9.17, 15) is 18.8 Å². The number of aryl methyl sites for hydroxylation is 1. The number of ether oxygens (including phenoxy) is 3. The van der Waals surface area contributed by atoms with E-state index < -0.39 is 17.8 Å². The van der Waals surface area contributed by atoms with E-state index in [4.69, 9.17) is 14.2 Å². The fraction of sp³-hybridized carbons (Fsp3) is 0.121. The Labute approximate surface area is 241 Å². The lowest BCUT2D eigenvalue weighted by atomic mass is 10.1. The summed E-state index contributed by atoms with van der Waals surface area (Å²) in [7, 11) is 1.46. The van der Waals surface area contributed by atoms with Crippen molar-refractivity contribution in [2.24, 2.45) is 0 Å². The molecule has 0 unspecified atom stereocenters. The molecule has 0 saturated carbocycles. The first-order valence-corrected chi connectivity index (χ1v) is 13.1. The molecule has 4 aromatic rings. The summed E-state index contributed by atoms with van der Waals surface area (Å²) in [5.41, 5.74) is 3.46. The summed E-state index contributed by atoms with van der Waals surface area (Å²) >= 11 is 0. The fourth-order valence-electron chi connectivity index (χ4n) is 4.24. The predicted molar refractivity (Wildman–Crippen MR) is 155 cm³/mol. The molecule has 1 aliphatic rings. The molecule has 0 spiro atoms. The lowest BCUT2D eigenvalue weighted by Crippen LogP contribution is -2.54. The maximum atomic E-state index is 13.3. The zero-order chi connectivity index (χ0) is 29.6. The molecule has 1 heterocycles. The van der Waals surface area contributed by atoms with Gasteiger partial charge in [0.1, 0.15) is 30.4 Å². The highest BCUT2D eigenvalue weighted by Crippen LogP contribution is 2.31. The Balaban J connectivity index is 1.30. The SMILES string of the molecule is COc1cc(/C=C2\C(=O)NC(=O)N(c3ccc(OCc4ccc(C)cc4)cc3)C2=O)ccc1OCc1ccc(F)cc1. The quantitative estimate of drug-likeness (QED) is 0.198. The highest BCUT2D eigenvalue weighted by Gasteiger charge is 2.36. The van der Waals surface area contributed by atoms with Crippen LogP contribution in [0, 0.1) is 12.7 Å². The van der Waals surface area contributed by atoms with Gasteiger partial charge < -0.3 is 14.2 Å². The molecule has 4 amide bonds. The lowest BCUT2D eigenvalue weighted by molar-refractivity contribution is -0.122. The standard InChI is InChI=1S/C33H27FN2O6/c1-21-3-5-22(6-4-21)19-41-27-14-12-26(13-15-27)36-32(38)28(31(37)35-33(36)39)17-24-9-16-29(30(18-24)40-2)42-20-23-7-10-25(34)11-8-23/h3-18H,19-20H2,1-2H3,(H,35,37,39)/b28-17+. The molecule has 0 aromatic heterocycles. The zero-order valence-electron chi connectivity index (χ0n) is 22.9. The van der Waals surface area contributed by atoms with E-state index in [0.717, 1.165) is 21.6 Å². The molecule has 0 radical (unpaired) electrons. The normalized spacial score (nSPS) is 14.1. The van der Waals surface area contributed by atoms with Crippen LogP contribution in [-0.2, 0) is 22.8 Å². The third kappa shape index (κ3) is 6.47. The fourth-order valence-corrected chi connectivity index (χ4v) is 4.24. The van der Waals surface area contributed by atoms with Crippen molar-refractivity contribution in [3.8, 4) is 17.2 Å². The van der Waals surface area contributed by atoms with Gasteiger partial charge >= 0.3 is 6.03 Å². The Morgan fingerprint density at radius 2 is 1.43 bits per heavy atom. The second-order valence-corrected chi connectivity index (χ2v) is 9.55. The zero-order valence-corrected chi connectivity index (χ0v) is 22.9.